The fourth-order valence-corrected chi connectivity index (χ4v) is 8.75. The van der Waals surface area contributed by atoms with Crippen LogP contribution in [0.25, 0.3) is 22.6 Å². The number of aliphatic hydroxyl groups is 1. The third-order valence-electron chi connectivity index (χ3n) is 11.2. The van der Waals surface area contributed by atoms with Crippen LogP contribution in [0.4, 0.5) is 10.2 Å². The van der Waals surface area contributed by atoms with E-state index in [9.17, 15) is 5.11 Å². The zero-order chi connectivity index (χ0) is 32.9. The van der Waals surface area contributed by atoms with Crippen LogP contribution in [-0.4, -0.2) is 83.6 Å². The Balaban J connectivity index is 1.13. The van der Waals surface area contributed by atoms with Crippen LogP contribution in [0.5, 0.6) is 6.01 Å². The van der Waals surface area contributed by atoms with Gasteiger partial charge in [-0.15, -0.1) is 0 Å². The number of aromatic nitrogens is 2. The molecule has 0 radical (unpaired) electrons. The molecule has 48 heavy (non-hydrogen) atoms. The first kappa shape index (κ1) is 32.0. The molecule has 4 aliphatic heterocycles. The molecule has 10 heteroatoms. The number of hydrogen-bond acceptors (Lipinski definition) is 8. The fraction of sp³-hybridized carbons (Fsp3) is 0.526. The Hall–Kier alpha value is -3.24. The van der Waals surface area contributed by atoms with Gasteiger partial charge in [-0.25, -0.2) is 4.39 Å². The predicted molar refractivity (Wildman–Crippen MR) is 188 cm³/mol. The van der Waals surface area contributed by atoms with Gasteiger partial charge in [-0.2, -0.15) is 9.97 Å². The van der Waals surface area contributed by atoms with Crippen LogP contribution >= 0.6 is 11.6 Å². The largest absolute Gasteiger partial charge is 0.508 e. The molecular formula is C38H45ClFN5O3. The van der Waals surface area contributed by atoms with Crippen LogP contribution in [0.2, 0.25) is 5.02 Å². The Morgan fingerprint density at radius 1 is 1.10 bits per heavy atom. The number of aryl methyl sites for hydroxylation is 1. The highest BCUT2D eigenvalue weighted by Gasteiger charge is 2.42. The summed E-state index contributed by atoms with van der Waals surface area (Å²) >= 11 is 6.85. The van der Waals surface area contributed by atoms with Gasteiger partial charge in [0.1, 0.15) is 17.1 Å². The summed E-state index contributed by atoms with van der Waals surface area (Å²) in [5, 5.41) is 15.4. The van der Waals surface area contributed by atoms with Crippen LogP contribution in [0.1, 0.15) is 62.1 Å². The minimum Gasteiger partial charge on any atom is -0.508 e. The van der Waals surface area contributed by atoms with Crippen LogP contribution in [0, 0.1) is 24.6 Å². The summed E-state index contributed by atoms with van der Waals surface area (Å²) in [6, 6.07) is 11.5. The molecule has 4 saturated heterocycles. The molecule has 4 bridgehead atoms. The van der Waals surface area contributed by atoms with E-state index in [1.165, 1.54) is 25.7 Å². The number of benzene rings is 2. The molecule has 1 saturated carbocycles. The van der Waals surface area contributed by atoms with E-state index in [-0.39, 0.29) is 27.9 Å². The van der Waals surface area contributed by atoms with Gasteiger partial charge in [-0.1, -0.05) is 35.9 Å². The van der Waals surface area contributed by atoms with Gasteiger partial charge in [-0.05, 0) is 93.2 Å². The van der Waals surface area contributed by atoms with Crippen molar-refractivity contribution in [1.82, 2.24) is 20.2 Å². The Kier molecular flexibility index (Phi) is 8.82. The first-order valence-electron chi connectivity index (χ1n) is 17.6. The normalized spacial score (nSPS) is 26.8. The molecule has 2 aromatic carbocycles. The summed E-state index contributed by atoms with van der Waals surface area (Å²) in [7, 11) is 0. The standard InChI is InChI=1S/C38H45ClFN5O3/c1-22-5-3-4-6-25(22)14-31(46)13-23(2)34-33(39)15-32-36(35(34)40)42-38(43-37(32)44-17-27-9-10-28(18-44)41-27)48-19-26(24-7-8-24)16-45-29-11-12-30(45)21-47-20-29/h3-6,13-15,24,26-30,41,46H,7-12,16-21H2,1-2H3/b23-13+,31-14+. The van der Waals surface area contributed by atoms with Gasteiger partial charge in [0.25, 0.3) is 0 Å². The summed E-state index contributed by atoms with van der Waals surface area (Å²) < 4.78 is 29.0. The molecule has 2 N–H and O–H groups in total. The number of rotatable bonds is 10. The molecule has 3 aromatic rings. The summed E-state index contributed by atoms with van der Waals surface area (Å²) in [6.45, 7) is 8.42. The second-order valence-electron chi connectivity index (χ2n) is 14.6. The zero-order valence-electron chi connectivity index (χ0n) is 27.8. The third kappa shape index (κ3) is 6.42. The van der Waals surface area contributed by atoms with Crippen LogP contribution in [0.15, 0.2) is 42.2 Å². The maximum Gasteiger partial charge on any atom is 0.319 e. The molecule has 1 aromatic heterocycles. The highest BCUT2D eigenvalue weighted by molar-refractivity contribution is 6.33. The number of aliphatic hydroxyl groups excluding tert-OH is 1. The molecule has 254 valence electrons. The molecular weight excluding hydrogens is 629 g/mol. The van der Waals surface area contributed by atoms with Crippen LogP contribution in [0.3, 0.4) is 0 Å². The minimum atomic E-state index is -0.537. The smallest absolute Gasteiger partial charge is 0.319 e. The van der Waals surface area contributed by atoms with Gasteiger partial charge in [0.2, 0.25) is 0 Å². The summed E-state index contributed by atoms with van der Waals surface area (Å²) in [4.78, 5) is 14.6. The van der Waals surface area contributed by atoms with Crippen molar-refractivity contribution < 1.29 is 19.0 Å². The lowest BCUT2D eigenvalue weighted by Gasteiger charge is -2.37. The SMILES string of the molecule is C/C(=C\C(O)=C/c1ccccc1C)c1c(Cl)cc2c(N3CC4CCC(C3)N4)nc(OCC(CN3C4CCC3COC4)C3CC3)nc2c1F. The van der Waals surface area contributed by atoms with E-state index in [0.717, 1.165) is 56.8 Å². The highest BCUT2D eigenvalue weighted by atomic mass is 35.5. The summed E-state index contributed by atoms with van der Waals surface area (Å²) in [6.07, 6.45) is 10.3. The van der Waals surface area contributed by atoms with Crippen molar-refractivity contribution >= 4 is 40.0 Å². The molecule has 1 aliphatic carbocycles. The van der Waals surface area contributed by atoms with Gasteiger partial charge >= 0.3 is 6.01 Å². The van der Waals surface area contributed by atoms with E-state index in [0.29, 0.717) is 59.4 Å². The predicted octanol–water partition coefficient (Wildman–Crippen LogP) is 6.94. The molecule has 5 aliphatic rings. The summed E-state index contributed by atoms with van der Waals surface area (Å²) in [5.74, 6) is 1.14. The molecule has 5 unspecified atom stereocenters. The maximum absolute atomic E-state index is 16.7. The van der Waals surface area contributed by atoms with E-state index in [1.807, 2.05) is 31.2 Å². The maximum atomic E-state index is 16.7. The first-order valence-corrected chi connectivity index (χ1v) is 18.0. The number of allylic oxidation sites excluding steroid dienone is 2. The number of nitrogens with one attached hydrogen (secondary N) is 1. The monoisotopic (exact) mass is 673 g/mol. The minimum absolute atomic E-state index is 0.0147. The zero-order valence-corrected chi connectivity index (χ0v) is 28.6. The number of morpholine rings is 1. The number of piperazine rings is 1. The van der Waals surface area contributed by atoms with Crippen LogP contribution < -0.4 is 15.0 Å². The van der Waals surface area contributed by atoms with E-state index in [2.05, 4.69) is 15.1 Å². The lowest BCUT2D eigenvalue weighted by atomic mass is 10.0. The Morgan fingerprint density at radius 3 is 2.54 bits per heavy atom. The number of hydrogen-bond donors (Lipinski definition) is 2. The van der Waals surface area contributed by atoms with Crippen molar-refractivity contribution in [2.75, 3.05) is 44.4 Å². The van der Waals surface area contributed by atoms with Crippen molar-refractivity contribution in [2.24, 2.45) is 11.8 Å². The molecule has 0 spiro atoms. The average Bonchev–Trinajstić information content (AvgIpc) is 3.82. The fourth-order valence-electron chi connectivity index (χ4n) is 8.41. The molecule has 5 fully saturated rings. The van der Waals surface area contributed by atoms with Crippen molar-refractivity contribution in [3.63, 3.8) is 0 Å². The van der Waals surface area contributed by atoms with E-state index in [1.54, 1.807) is 25.1 Å². The molecule has 5 atom stereocenters. The lowest BCUT2D eigenvalue weighted by molar-refractivity contribution is -0.0261. The highest BCUT2D eigenvalue weighted by Crippen LogP contribution is 2.41. The van der Waals surface area contributed by atoms with Crippen LogP contribution in [-0.2, 0) is 4.74 Å². The quantitative estimate of drug-likeness (QED) is 0.177. The van der Waals surface area contributed by atoms with Gasteiger partial charge in [0, 0.05) is 60.7 Å². The number of anilines is 1. The topological polar surface area (TPSA) is 83.0 Å². The van der Waals surface area contributed by atoms with E-state index in [4.69, 9.17) is 31.0 Å². The van der Waals surface area contributed by atoms with E-state index < -0.39 is 5.82 Å². The van der Waals surface area contributed by atoms with Gasteiger partial charge < -0.3 is 24.8 Å². The van der Waals surface area contributed by atoms with E-state index >= 15 is 4.39 Å². The first-order chi connectivity index (χ1) is 23.3. The molecule has 0 amide bonds. The second kappa shape index (κ2) is 13.2. The van der Waals surface area contributed by atoms with Crippen molar-refractivity contribution in [2.45, 2.75) is 76.5 Å². The Morgan fingerprint density at radius 2 is 1.83 bits per heavy atom. The molecule has 5 heterocycles. The van der Waals surface area contributed by atoms with Gasteiger partial charge in [0.05, 0.1) is 24.8 Å². The number of fused-ring (bicyclic) bond motifs is 5. The Bertz CT molecular complexity index is 1730. The number of ether oxygens (including phenoxy) is 2. The molecule has 8 nitrogen and oxygen atoms in total. The van der Waals surface area contributed by atoms with Crippen molar-refractivity contribution in [1.29, 1.82) is 0 Å². The van der Waals surface area contributed by atoms with Gasteiger partial charge in [-0.3, -0.25) is 4.90 Å². The Labute approximate surface area is 287 Å². The third-order valence-corrected chi connectivity index (χ3v) is 11.5. The summed E-state index contributed by atoms with van der Waals surface area (Å²) in [5.41, 5.74) is 2.81. The number of halogens is 2. The molecule has 8 rings (SSSR count). The second-order valence-corrected chi connectivity index (χ2v) is 15.0. The van der Waals surface area contributed by atoms with Gasteiger partial charge in [0.15, 0.2) is 5.82 Å². The van der Waals surface area contributed by atoms with Crippen molar-refractivity contribution in [3.8, 4) is 6.01 Å². The number of nitrogens with zero attached hydrogens (tertiary/aromatic N) is 4. The lowest BCUT2D eigenvalue weighted by Crippen LogP contribution is -2.51. The van der Waals surface area contributed by atoms with Crippen molar-refractivity contribution in [3.05, 3.63) is 69.7 Å². The average molecular weight is 674 g/mol.